The van der Waals surface area contributed by atoms with Crippen molar-refractivity contribution in [2.75, 3.05) is 28.4 Å². The molecular weight excluding hydrogens is 420 g/mol. The standard InChI is InChI=1S/C27H24O6/c1-14-19-12-15-13-21(30-3)25(31-4)26(32-5)22(15)23(24(19)27(28)33-14)18-10-11-20(29-2)17-9-7-6-8-16(17)18/h6-11,13,23H,1,12H2,2-5H3. The molecule has 6 nitrogen and oxygen atoms in total. The molecule has 0 saturated heterocycles. The molecule has 6 heteroatoms. The number of fused-ring (bicyclic) bond motifs is 2. The Labute approximate surface area is 192 Å². The van der Waals surface area contributed by atoms with E-state index in [1.165, 1.54) is 0 Å². The lowest BCUT2D eigenvalue weighted by atomic mass is 9.73. The van der Waals surface area contributed by atoms with Crippen LogP contribution in [0.3, 0.4) is 0 Å². The molecule has 0 bridgehead atoms. The van der Waals surface area contributed by atoms with Gasteiger partial charge in [0.25, 0.3) is 0 Å². The van der Waals surface area contributed by atoms with Crippen molar-refractivity contribution >= 4 is 16.7 Å². The second kappa shape index (κ2) is 7.89. The summed E-state index contributed by atoms with van der Waals surface area (Å²) in [6, 6.07) is 13.8. The number of ether oxygens (including phenoxy) is 5. The topological polar surface area (TPSA) is 63.2 Å². The van der Waals surface area contributed by atoms with Crippen molar-refractivity contribution in [2.45, 2.75) is 12.3 Å². The Morgan fingerprint density at radius 1 is 0.879 bits per heavy atom. The van der Waals surface area contributed by atoms with Crippen LogP contribution in [0.2, 0.25) is 0 Å². The molecule has 1 unspecified atom stereocenters. The molecule has 3 aromatic rings. The summed E-state index contributed by atoms with van der Waals surface area (Å²) in [6.45, 7) is 3.99. The quantitative estimate of drug-likeness (QED) is 0.520. The highest BCUT2D eigenvalue weighted by molar-refractivity contribution is 6.01. The van der Waals surface area contributed by atoms with Gasteiger partial charge in [0.15, 0.2) is 11.5 Å². The summed E-state index contributed by atoms with van der Waals surface area (Å²) in [4.78, 5) is 13.1. The highest BCUT2D eigenvalue weighted by Gasteiger charge is 2.43. The monoisotopic (exact) mass is 444 g/mol. The molecule has 0 spiro atoms. The minimum absolute atomic E-state index is 0.386. The van der Waals surface area contributed by atoms with Crippen LogP contribution in [-0.4, -0.2) is 34.4 Å². The van der Waals surface area contributed by atoms with Gasteiger partial charge in [0.1, 0.15) is 11.5 Å². The van der Waals surface area contributed by atoms with Gasteiger partial charge in [0, 0.05) is 28.9 Å². The number of carbonyl (C=O) groups is 1. The number of benzene rings is 3. The SMILES string of the molecule is C=C1OC(=O)C2=C1Cc1cc(OC)c(OC)c(OC)c1C2c1ccc(OC)c2ccccc12. The number of cyclic esters (lactones) is 1. The maximum absolute atomic E-state index is 13.1. The van der Waals surface area contributed by atoms with Crippen LogP contribution in [-0.2, 0) is 16.0 Å². The molecule has 5 rings (SSSR count). The zero-order valence-corrected chi connectivity index (χ0v) is 19.0. The predicted molar refractivity (Wildman–Crippen MR) is 124 cm³/mol. The van der Waals surface area contributed by atoms with Crippen LogP contribution in [0.25, 0.3) is 10.8 Å². The Hall–Kier alpha value is -3.93. The summed E-state index contributed by atoms with van der Waals surface area (Å²) in [5.74, 6) is 1.90. The zero-order valence-electron chi connectivity index (χ0n) is 19.0. The average Bonchev–Trinajstić information content (AvgIpc) is 3.13. The van der Waals surface area contributed by atoms with E-state index in [4.69, 9.17) is 23.7 Å². The van der Waals surface area contributed by atoms with Crippen molar-refractivity contribution in [1.29, 1.82) is 0 Å². The van der Waals surface area contributed by atoms with Crippen molar-refractivity contribution in [3.63, 3.8) is 0 Å². The Morgan fingerprint density at radius 3 is 2.24 bits per heavy atom. The van der Waals surface area contributed by atoms with Crippen molar-refractivity contribution in [3.05, 3.63) is 82.6 Å². The summed E-state index contributed by atoms with van der Waals surface area (Å²) in [7, 11) is 6.41. The third-order valence-electron chi connectivity index (χ3n) is 6.44. The lowest BCUT2D eigenvalue weighted by molar-refractivity contribution is -0.133. The molecule has 33 heavy (non-hydrogen) atoms. The Balaban J connectivity index is 1.90. The molecular formula is C27H24O6. The van der Waals surface area contributed by atoms with E-state index in [-0.39, 0.29) is 5.97 Å². The van der Waals surface area contributed by atoms with Crippen LogP contribution in [0.4, 0.5) is 0 Å². The number of allylic oxidation sites excluding steroid dienone is 1. The predicted octanol–water partition coefficient (Wildman–Crippen LogP) is 4.93. The van der Waals surface area contributed by atoms with Gasteiger partial charge in [-0.15, -0.1) is 0 Å². The van der Waals surface area contributed by atoms with Gasteiger partial charge in [-0.25, -0.2) is 4.79 Å². The van der Waals surface area contributed by atoms with Gasteiger partial charge in [-0.2, -0.15) is 0 Å². The van der Waals surface area contributed by atoms with Crippen LogP contribution >= 0.6 is 0 Å². The molecule has 0 N–H and O–H groups in total. The molecule has 2 aliphatic rings. The summed E-state index contributed by atoms with van der Waals surface area (Å²) < 4.78 is 28.2. The van der Waals surface area contributed by atoms with Crippen molar-refractivity contribution in [2.24, 2.45) is 0 Å². The van der Waals surface area contributed by atoms with Gasteiger partial charge in [-0.3, -0.25) is 0 Å². The molecule has 1 aliphatic heterocycles. The van der Waals surface area contributed by atoms with Gasteiger partial charge in [-0.1, -0.05) is 36.9 Å². The van der Waals surface area contributed by atoms with E-state index in [1.807, 2.05) is 42.5 Å². The molecule has 1 aliphatic carbocycles. The normalized spacial score (nSPS) is 16.9. The first-order valence-corrected chi connectivity index (χ1v) is 10.6. The van der Waals surface area contributed by atoms with Crippen molar-refractivity contribution < 1.29 is 28.5 Å². The van der Waals surface area contributed by atoms with E-state index in [9.17, 15) is 4.79 Å². The largest absolute Gasteiger partial charge is 0.496 e. The molecule has 0 aromatic heterocycles. The number of hydrogen-bond acceptors (Lipinski definition) is 6. The highest BCUT2D eigenvalue weighted by Crippen LogP contribution is 2.55. The maximum atomic E-state index is 13.1. The summed E-state index contributed by atoms with van der Waals surface area (Å²) in [6.07, 6.45) is 0.483. The lowest BCUT2D eigenvalue weighted by Gasteiger charge is -2.30. The van der Waals surface area contributed by atoms with Gasteiger partial charge < -0.3 is 23.7 Å². The summed E-state index contributed by atoms with van der Waals surface area (Å²) in [5.41, 5.74) is 4.14. The molecule has 3 aromatic carbocycles. The van der Waals surface area contributed by atoms with E-state index in [1.54, 1.807) is 28.4 Å². The van der Waals surface area contributed by atoms with E-state index in [2.05, 4.69) is 6.58 Å². The maximum Gasteiger partial charge on any atom is 0.340 e. The molecule has 1 heterocycles. The third kappa shape index (κ3) is 2.98. The number of carbonyl (C=O) groups excluding carboxylic acids is 1. The Kier molecular flexibility index (Phi) is 5.01. The van der Waals surface area contributed by atoms with E-state index >= 15 is 0 Å². The fourth-order valence-electron chi connectivity index (χ4n) is 5.05. The Bertz CT molecular complexity index is 1350. The molecule has 0 fully saturated rings. The van der Waals surface area contributed by atoms with Gasteiger partial charge in [0.05, 0.1) is 34.0 Å². The second-order valence-electron chi connectivity index (χ2n) is 7.94. The first-order valence-electron chi connectivity index (χ1n) is 10.6. The van der Waals surface area contributed by atoms with Crippen LogP contribution in [0.15, 0.2) is 65.9 Å². The minimum Gasteiger partial charge on any atom is -0.496 e. The minimum atomic E-state index is -0.443. The van der Waals surface area contributed by atoms with Crippen molar-refractivity contribution in [3.8, 4) is 23.0 Å². The molecule has 0 amide bonds. The van der Waals surface area contributed by atoms with Crippen LogP contribution < -0.4 is 18.9 Å². The van der Waals surface area contributed by atoms with Gasteiger partial charge in [-0.05, 0) is 28.6 Å². The average molecular weight is 444 g/mol. The number of rotatable bonds is 5. The lowest BCUT2D eigenvalue weighted by Crippen LogP contribution is -2.20. The van der Waals surface area contributed by atoms with E-state index < -0.39 is 5.92 Å². The zero-order chi connectivity index (χ0) is 23.3. The third-order valence-corrected chi connectivity index (χ3v) is 6.44. The van der Waals surface area contributed by atoms with Crippen molar-refractivity contribution in [1.82, 2.24) is 0 Å². The molecule has 168 valence electrons. The summed E-state index contributed by atoms with van der Waals surface area (Å²) >= 11 is 0. The Morgan fingerprint density at radius 2 is 1.58 bits per heavy atom. The van der Waals surface area contributed by atoms with Gasteiger partial charge >= 0.3 is 5.97 Å². The number of methoxy groups -OCH3 is 4. The van der Waals surface area contributed by atoms with E-state index in [0.29, 0.717) is 35.0 Å². The number of esters is 1. The van der Waals surface area contributed by atoms with Crippen LogP contribution in [0.5, 0.6) is 23.0 Å². The number of hydrogen-bond donors (Lipinski definition) is 0. The smallest absolute Gasteiger partial charge is 0.340 e. The first-order chi connectivity index (χ1) is 16.0. The summed E-state index contributed by atoms with van der Waals surface area (Å²) in [5, 5.41) is 1.93. The second-order valence-corrected chi connectivity index (χ2v) is 7.94. The van der Waals surface area contributed by atoms with E-state index in [0.717, 1.165) is 38.8 Å². The fourth-order valence-corrected chi connectivity index (χ4v) is 5.05. The molecule has 1 atom stereocenters. The van der Waals surface area contributed by atoms with Crippen LogP contribution in [0.1, 0.15) is 22.6 Å². The van der Waals surface area contributed by atoms with Crippen LogP contribution in [0, 0.1) is 0 Å². The van der Waals surface area contributed by atoms with Gasteiger partial charge in [0.2, 0.25) is 5.75 Å². The first kappa shape index (κ1) is 20.9. The fraction of sp³-hybridized carbons (Fsp3) is 0.222. The molecule has 0 saturated carbocycles. The highest BCUT2D eigenvalue weighted by atomic mass is 16.5. The molecule has 0 radical (unpaired) electrons.